The number of hydrogen-bond acceptors (Lipinski definition) is 7. The summed E-state index contributed by atoms with van der Waals surface area (Å²) in [4.78, 5) is 71.6. The second-order valence-corrected chi connectivity index (χ2v) is 8.86. The summed E-state index contributed by atoms with van der Waals surface area (Å²) in [6, 6.07) is 9.45. The number of nitrogens with zero attached hydrogens (tertiary/aromatic N) is 3. The number of carbonyl (C=O) groups is 5. The first-order chi connectivity index (χ1) is 17.3. The van der Waals surface area contributed by atoms with E-state index in [2.05, 4.69) is 20.6 Å². The van der Waals surface area contributed by atoms with Gasteiger partial charge in [-0.25, -0.2) is 9.97 Å². The second kappa shape index (κ2) is 9.29. The second-order valence-electron chi connectivity index (χ2n) is 8.86. The number of amides is 5. The summed E-state index contributed by atoms with van der Waals surface area (Å²) in [5, 5.41) is 5.88. The minimum Gasteiger partial charge on any atom is -0.352 e. The topological polar surface area (TPSA) is 138 Å². The number of piperidine rings is 1. The summed E-state index contributed by atoms with van der Waals surface area (Å²) >= 11 is 0. The molecule has 10 heteroatoms. The van der Waals surface area contributed by atoms with Gasteiger partial charge < -0.3 is 5.32 Å². The average molecular weight is 486 g/mol. The van der Waals surface area contributed by atoms with Crippen molar-refractivity contribution < 1.29 is 24.0 Å². The Morgan fingerprint density at radius 1 is 1.11 bits per heavy atom. The van der Waals surface area contributed by atoms with E-state index in [1.54, 1.807) is 43.5 Å². The van der Waals surface area contributed by atoms with Crippen molar-refractivity contribution in [2.45, 2.75) is 38.6 Å². The maximum absolute atomic E-state index is 13.0. The summed E-state index contributed by atoms with van der Waals surface area (Å²) in [5.74, 6) is -2.33. The summed E-state index contributed by atoms with van der Waals surface area (Å²) in [6.45, 7) is 2.18. The van der Waals surface area contributed by atoms with Crippen LogP contribution in [0, 0.1) is 6.92 Å². The van der Waals surface area contributed by atoms with E-state index < -0.39 is 29.7 Å². The molecule has 1 fully saturated rings. The predicted molar refractivity (Wildman–Crippen MR) is 128 cm³/mol. The van der Waals surface area contributed by atoms with Crippen LogP contribution in [0.15, 0.2) is 42.6 Å². The van der Waals surface area contributed by atoms with Crippen LogP contribution in [0.25, 0.3) is 11.0 Å². The van der Waals surface area contributed by atoms with E-state index in [9.17, 15) is 24.0 Å². The van der Waals surface area contributed by atoms with Gasteiger partial charge in [0.2, 0.25) is 11.8 Å². The Morgan fingerprint density at radius 2 is 1.92 bits per heavy atom. The quantitative estimate of drug-likeness (QED) is 0.400. The van der Waals surface area contributed by atoms with Crippen LogP contribution in [-0.2, 0) is 16.0 Å². The Balaban J connectivity index is 1.20. The van der Waals surface area contributed by atoms with Gasteiger partial charge >= 0.3 is 0 Å². The predicted octanol–water partition coefficient (Wildman–Crippen LogP) is 1.70. The molecule has 4 heterocycles. The first-order valence-corrected chi connectivity index (χ1v) is 11.7. The Kier molecular flexibility index (Phi) is 6.01. The van der Waals surface area contributed by atoms with E-state index in [1.807, 2.05) is 6.07 Å². The van der Waals surface area contributed by atoms with E-state index >= 15 is 0 Å². The molecule has 182 valence electrons. The minimum absolute atomic E-state index is 0.0759. The van der Waals surface area contributed by atoms with Crippen molar-refractivity contribution in [2.75, 3.05) is 6.54 Å². The van der Waals surface area contributed by atoms with Crippen LogP contribution in [0.2, 0.25) is 0 Å². The molecule has 0 radical (unpaired) electrons. The maximum atomic E-state index is 13.0. The fourth-order valence-corrected chi connectivity index (χ4v) is 4.59. The molecular formula is C26H23N5O5. The SMILES string of the molecule is Cc1nc2ncccc2cc1C(=O)NCCCc1ccc2c(c1)C(=O)N(C1CCC(=O)NC1=O)C2=O. The van der Waals surface area contributed by atoms with Crippen LogP contribution in [-0.4, -0.2) is 57.0 Å². The zero-order valence-corrected chi connectivity index (χ0v) is 19.5. The molecule has 1 saturated heterocycles. The van der Waals surface area contributed by atoms with Gasteiger partial charge in [-0.1, -0.05) is 6.07 Å². The Labute approximate surface area is 206 Å². The standard InChI is InChI=1S/C26H23N5O5/c1-14-18(13-16-5-3-10-27-22(16)29-14)23(33)28-11-2-4-15-6-7-17-19(12-15)26(36)31(25(17)35)20-8-9-21(32)30-24(20)34/h3,5-7,10,12-13,20H,2,4,8-9,11H2,1H3,(H,28,33)(H,30,32,34). The van der Waals surface area contributed by atoms with E-state index in [-0.39, 0.29) is 29.9 Å². The molecule has 3 aromatic rings. The number of benzene rings is 1. The molecule has 0 bridgehead atoms. The molecule has 36 heavy (non-hydrogen) atoms. The molecule has 0 saturated carbocycles. The number of imide groups is 2. The van der Waals surface area contributed by atoms with Gasteiger partial charge in [-0.2, -0.15) is 0 Å². The highest BCUT2D eigenvalue weighted by atomic mass is 16.2. The Hall–Kier alpha value is -4.47. The lowest BCUT2D eigenvalue weighted by atomic mass is 10.0. The molecule has 1 aromatic carbocycles. The largest absolute Gasteiger partial charge is 0.352 e. The number of nitrogens with one attached hydrogen (secondary N) is 2. The van der Waals surface area contributed by atoms with Gasteiger partial charge in [0.15, 0.2) is 5.65 Å². The molecule has 2 aromatic heterocycles. The van der Waals surface area contributed by atoms with Gasteiger partial charge in [-0.05, 0) is 62.1 Å². The average Bonchev–Trinajstić information content (AvgIpc) is 3.10. The van der Waals surface area contributed by atoms with Crippen LogP contribution in [0.1, 0.15) is 61.6 Å². The fraction of sp³-hybridized carbons (Fsp3) is 0.269. The molecule has 1 atom stereocenters. The van der Waals surface area contributed by atoms with E-state index in [4.69, 9.17) is 0 Å². The van der Waals surface area contributed by atoms with Crippen LogP contribution >= 0.6 is 0 Å². The molecule has 2 aliphatic heterocycles. The number of rotatable bonds is 6. The lowest BCUT2D eigenvalue weighted by molar-refractivity contribution is -0.136. The first-order valence-electron chi connectivity index (χ1n) is 11.7. The number of aryl methyl sites for hydroxylation is 2. The number of carbonyl (C=O) groups excluding carboxylic acids is 5. The summed E-state index contributed by atoms with van der Waals surface area (Å²) in [7, 11) is 0. The van der Waals surface area contributed by atoms with Gasteiger partial charge in [0, 0.05) is 24.5 Å². The summed E-state index contributed by atoms with van der Waals surface area (Å²) < 4.78 is 0. The summed E-state index contributed by atoms with van der Waals surface area (Å²) in [5.41, 5.74) is 3.01. The van der Waals surface area contributed by atoms with Crippen molar-refractivity contribution >= 4 is 40.6 Å². The normalized spacial score (nSPS) is 17.4. The van der Waals surface area contributed by atoms with Crippen molar-refractivity contribution in [3.05, 3.63) is 70.5 Å². The third-order valence-corrected chi connectivity index (χ3v) is 6.46. The van der Waals surface area contributed by atoms with Gasteiger partial charge in [-0.15, -0.1) is 0 Å². The number of fused-ring (bicyclic) bond motifs is 2. The zero-order valence-electron chi connectivity index (χ0n) is 19.5. The number of aromatic nitrogens is 2. The van der Waals surface area contributed by atoms with Crippen molar-refractivity contribution in [1.29, 1.82) is 0 Å². The molecule has 2 aliphatic rings. The molecule has 0 aliphatic carbocycles. The van der Waals surface area contributed by atoms with Crippen molar-refractivity contribution in [1.82, 2.24) is 25.5 Å². The molecule has 10 nitrogen and oxygen atoms in total. The fourth-order valence-electron chi connectivity index (χ4n) is 4.59. The van der Waals surface area contributed by atoms with Crippen LogP contribution in [0.5, 0.6) is 0 Å². The first kappa shape index (κ1) is 23.3. The van der Waals surface area contributed by atoms with E-state index in [0.29, 0.717) is 36.3 Å². The smallest absolute Gasteiger partial charge is 0.262 e. The lowest BCUT2D eigenvalue weighted by Gasteiger charge is -2.27. The van der Waals surface area contributed by atoms with Gasteiger partial charge in [0.05, 0.1) is 22.4 Å². The lowest BCUT2D eigenvalue weighted by Crippen LogP contribution is -2.54. The maximum Gasteiger partial charge on any atom is 0.262 e. The Bertz CT molecular complexity index is 1450. The third-order valence-electron chi connectivity index (χ3n) is 6.46. The van der Waals surface area contributed by atoms with Gasteiger partial charge in [0.1, 0.15) is 6.04 Å². The van der Waals surface area contributed by atoms with Crippen LogP contribution in [0.4, 0.5) is 0 Å². The Morgan fingerprint density at radius 3 is 2.72 bits per heavy atom. The minimum atomic E-state index is -0.988. The highest BCUT2D eigenvalue weighted by Crippen LogP contribution is 2.28. The molecule has 5 rings (SSSR count). The van der Waals surface area contributed by atoms with Crippen molar-refractivity contribution in [3.8, 4) is 0 Å². The van der Waals surface area contributed by atoms with E-state index in [1.165, 1.54) is 0 Å². The molecular weight excluding hydrogens is 462 g/mol. The molecule has 1 unspecified atom stereocenters. The van der Waals surface area contributed by atoms with Crippen LogP contribution in [0.3, 0.4) is 0 Å². The molecule has 5 amide bonds. The number of hydrogen-bond donors (Lipinski definition) is 2. The molecule has 2 N–H and O–H groups in total. The van der Waals surface area contributed by atoms with Crippen molar-refractivity contribution in [2.24, 2.45) is 0 Å². The number of pyridine rings is 2. The molecule has 0 spiro atoms. The highest BCUT2D eigenvalue weighted by molar-refractivity contribution is 6.23. The zero-order chi connectivity index (χ0) is 25.4. The summed E-state index contributed by atoms with van der Waals surface area (Å²) in [6.07, 6.45) is 3.04. The van der Waals surface area contributed by atoms with Crippen molar-refractivity contribution in [3.63, 3.8) is 0 Å². The van der Waals surface area contributed by atoms with E-state index in [0.717, 1.165) is 15.8 Å². The van der Waals surface area contributed by atoms with Gasteiger partial charge in [-0.3, -0.25) is 34.2 Å². The van der Waals surface area contributed by atoms with Crippen LogP contribution < -0.4 is 10.6 Å². The monoisotopic (exact) mass is 485 g/mol. The third kappa shape index (κ3) is 4.21. The highest BCUT2D eigenvalue weighted by Gasteiger charge is 2.44. The van der Waals surface area contributed by atoms with Gasteiger partial charge in [0.25, 0.3) is 17.7 Å².